The molecule has 7 heteroatoms. The predicted molar refractivity (Wildman–Crippen MR) is 109 cm³/mol. The smallest absolute Gasteiger partial charge is 0.139 e. The number of pyridine rings is 1. The van der Waals surface area contributed by atoms with Crippen LogP contribution in [0, 0.1) is 0 Å². The van der Waals surface area contributed by atoms with Crippen LogP contribution in [0.15, 0.2) is 37.2 Å². The van der Waals surface area contributed by atoms with E-state index in [9.17, 15) is 5.11 Å². The lowest BCUT2D eigenvalue weighted by atomic mass is 9.98. The van der Waals surface area contributed by atoms with Gasteiger partial charge in [-0.1, -0.05) is 0 Å². The highest BCUT2D eigenvalue weighted by atomic mass is 16.3. The van der Waals surface area contributed by atoms with Crippen LogP contribution in [0.4, 0.5) is 5.69 Å². The molecule has 0 spiro atoms. The molecule has 0 saturated carbocycles. The van der Waals surface area contributed by atoms with E-state index in [-0.39, 0.29) is 6.10 Å². The van der Waals surface area contributed by atoms with Crippen LogP contribution < -0.4 is 4.90 Å². The number of rotatable bonds is 3. The first-order chi connectivity index (χ1) is 13.8. The first kappa shape index (κ1) is 17.6. The predicted octanol–water partition coefficient (Wildman–Crippen LogP) is 2.45. The Balaban J connectivity index is 1.46. The topological polar surface area (TPSA) is 81.2 Å². The van der Waals surface area contributed by atoms with Gasteiger partial charge in [0.15, 0.2) is 0 Å². The molecule has 7 nitrogen and oxygen atoms in total. The third-order valence-corrected chi connectivity index (χ3v) is 6.18. The molecular weight excluding hydrogens is 352 g/mol. The molecule has 28 heavy (non-hydrogen) atoms. The molecule has 2 saturated heterocycles. The summed E-state index contributed by atoms with van der Waals surface area (Å²) in [5, 5.41) is 11.0. The Labute approximate surface area is 164 Å². The number of nitrogens with one attached hydrogen (secondary N) is 1. The van der Waals surface area contributed by atoms with Gasteiger partial charge in [0, 0.05) is 73.8 Å². The second-order valence-electron chi connectivity index (χ2n) is 7.89. The third kappa shape index (κ3) is 3.25. The third-order valence-electron chi connectivity index (χ3n) is 6.18. The van der Waals surface area contributed by atoms with Crippen LogP contribution in [0.5, 0.6) is 0 Å². The minimum absolute atomic E-state index is 0.119. The molecule has 0 aliphatic carbocycles. The number of nitrogens with zero attached hydrogens (tertiary/aromatic N) is 5. The summed E-state index contributed by atoms with van der Waals surface area (Å²) in [6.45, 7) is 4.08. The molecule has 3 aromatic rings. The largest absolute Gasteiger partial charge is 0.393 e. The Morgan fingerprint density at radius 3 is 2.71 bits per heavy atom. The van der Waals surface area contributed by atoms with Crippen molar-refractivity contribution in [2.75, 3.05) is 31.1 Å². The summed E-state index contributed by atoms with van der Waals surface area (Å²) in [4.78, 5) is 21.3. The van der Waals surface area contributed by atoms with Crippen LogP contribution in [0.2, 0.25) is 0 Å². The highest BCUT2D eigenvalue weighted by Gasteiger charge is 2.29. The number of anilines is 1. The van der Waals surface area contributed by atoms with E-state index in [1.807, 2.05) is 24.8 Å². The monoisotopic (exact) mass is 378 g/mol. The molecule has 2 fully saturated rings. The number of hydrogen-bond donors (Lipinski definition) is 2. The van der Waals surface area contributed by atoms with Crippen molar-refractivity contribution in [3.8, 4) is 11.1 Å². The molecular formula is C21H26N6O. The minimum Gasteiger partial charge on any atom is -0.393 e. The molecule has 5 rings (SSSR count). The molecule has 1 atom stereocenters. The fourth-order valence-corrected chi connectivity index (χ4v) is 4.69. The normalized spacial score (nSPS) is 22.0. The van der Waals surface area contributed by atoms with Gasteiger partial charge in [0.1, 0.15) is 12.0 Å². The van der Waals surface area contributed by atoms with Crippen LogP contribution in [0.3, 0.4) is 0 Å². The molecule has 2 aliphatic heterocycles. The van der Waals surface area contributed by atoms with Crippen molar-refractivity contribution in [2.45, 2.75) is 37.8 Å². The maximum atomic E-state index is 9.83. The fourth-order valence-electron chi connectivity index (χ4n) is 4.69. The van der Waals surface area contributed by atoms with Crippen LogP contribution >= 0.6 is 0 Å². The van der Waals surface area contributed by atoms with Crippen LogP contribution in [0.1, 0.15) is 25.7 Å². The Hall–Kier alpha value is -2.51. The van der Waals surface area contributed by atoms with Gasteiger partial charge in [-0.25, -0.2) is 15.0 Å². The maximum absolute atomic E-state index is 9.83. The van der Waals surface area contributed by atoms with Gasteiger partial charge in [-0.05, 0) is 31.7 Å². The quantitative estimate of drug-likeness (QED) is 0.729. The molecule has 2 N–H and O–H groups in total. The van der Waals surface area contributed by atoms with Crippen molar-refractivity contribution in [3.63, 3.8) is 0 Å². The number of likely N-dealkylation sites (tertiary alicyclic amines) is 1. The number of piperidine rings is 2. The van der Waals surface area contributed by atoms with E-state index in [1.54, 1.807) is 6.33 Å². The van der Waals surface area contributed by atoms with Crippen molar-refractivity contribution < 1.29 is 5.11 Å². The average molecular weight is 378 g/mol. The number of H-pyrrole nitrogens is 1. The summed E-state index contributed by atoms with van der Waals surface area (Å²) < 4.78 is 0. The summed E-state index contributed by atoms with van der Waals surface area (Å²) in [5.41, 5.74) is 4.23. The number of fused-ring (bicyclic) bond motifs is 1. The Bertz CT molecular complexity index is 934. The summed E-state index contributed by atoms with van der Waals surface area (Å²) in [6.07, 6.45) is 13.2. The first-order valence-corrected chi connectivity index (χ1v) is 10.2. The number of hydrogen-bond acceptors (Lipinski definition) is 6. The van der Waals surface area contributed by atoms with Gasteiger partial charge in [-0.15, -0.1) is 0 Å². The summed E-state index contributed by atoms with van der Waals surface area (Å²) in [7, 11) is 0. The van der Waals surface area contributed by atoms with Crippen molar-refractivity contribution >= 4 is 16.7 Å². The fraction of sp³-hybridized carbons (Fsp3) is 0.476. The van der Waals surface area contributed by atoms with E-state index in [2.05, 4.69) is 35.8 Å². The standard InChI is InChI=1S/C21H26N6O/c28-17-4-8-26(9-5-17)16-2-1-7-27(13-16)19-3-6-24-21-20(19)18(12-25-21)15-10-22-14-23-11-15/h3,6,10-12,14,16-17,28H,1-2,4-5,7-9,13H2,(H,24,25)/t16-/m0/s1. The van der Waals surface area contributed by atoms with Crippen molar-refractivity contribution in [2.24, 2.45) is 0 Å². The van der Waals surface area contributed by atoms with Crippen LogP contribution in [-0.4, -0.2) is 68.3 Å². The summed E-state index contributed by atoms with van der Waals surface area (Å²) in [5.74, 6) is 0. The zero-order valence-corrected chi connectivity index (χ0v) is 16.0. The molecule has 0 unspecified atom stereocenters. The number of aromatic amines is 1. The van der Waals surface area contributed by atoms with Gasteiger partial charge >= 0.3 is 0 Å². The highest BCUT2D eigenvalue weighted by Crippen LogP contribution is 2.36. The lowest BCUT2D eigenvalue weighted by Crippen LogP contribution is -2.51. The van der Waals surface area contributed by atoms with Gasteiger partial charge in [0.25, 0.3) is 0 Å². The Morgan fingerprint density at radius 2 is 1.89 bits per heavy atom. The second-order valence-corrected chi connectivity index (χ2v) is 7.89. The van der Waals surface area contributed by atoms with Gasteiger partial charge < -0.3 is 15.0 Å². The lowest BCUT2D eigenvalue weighted by molar-refractivity contribution is 0.0567. The van der Waals surface area contributed by atoms with Crippen molar-refractivity contribution in [1.82, 2.24) is 24.8 Å². The maximum Gasteiger partial charge on any atom is 0.139 e. The van der Waals surface area contributed by atoms with Crippen molar-refractivity contribution in [1.29, 1.82) is 0 Å². The van der Waals surface area contributed by atoms with E-state index >= 15 is 0 Å². The minimum atomic E-state index is -0.119. The molecule has 3 aromatic heterocycles. The van der Waals surface area contributed by atoms with Gasteiger partial charge in [-0.2, -0.15) is 0 Å². The van der Waals surface area contributed by atoms with Crippen LogP contribution in [0.25, 0.3) is 22.2 Å². The van der Waals surface area contributed by atoms with E-state index in [0.29, 0.717) is 6.04 Å². The van der Waals surface area contributed by atoms with Gasteiger partial charge in [0.2, 0.25) is 0 Å². The van der Waals surface area contributed by atoms with Gasteiger partial charge in [0.05, 0.1) is 11.5 Å². The SMILES string of the molecule is OC1CCN([C@H]2CCCN(c3ccnc4[nH]cc(-c5cncnc5)c34)C2)CC1. The molecule has 5 heterocycles. The summed E-state index contributed by atoms with van der Waals surface area (Å²) >= 11 is 0. The molecule has 146 valence electrons. The zero-order chi connectivity index (χ0) is 18.9. The zero-order valence-electron chi connectivity index (χ0n) is 16.0. The average Bonchev–Trinajstić information content (AvgIpc) is 3.19. The van der Waals surface area contributed by atoms with E-state index in [0.717, 1.165) is 61.2 Å². The van der Waals surface area contributed by atoms with E-state index < -0.39 is 0 Å². The van der Waals surface area contributed by atoms with Crippen molar-refractivity contribution in [3.05, 3.63) is 37.2 Å². The molecule has 2 aliphatic rings. The Morgan fingerprint density at radius 1 is 1.07 bits per heavy atom. The first-order valence-electron chi connectivity index (χ1n) is 10.2. The number of aliphatic hydroxyl groups is 1. The van der Waals surface area contributed by atoms with Crippen LogP contribution in [-0.2, 0) is 0 Å². The van der Waals surface area contributed by atoms with E-state index in [1.165, 1.54) is 18.5 Å². The molecule has 0 bridgehead atoms. The molecule has 0 aromatic carbocycles. The second kappa shape index (κ2) is 7.48. The Kier molecular flexibility index (Phi) is 4.70. The molecule has 0 radical (unpaired) electrons. The highest BCUT2D eigenvalue weighted by molar-refractivity contribution is 6.02. The number of aliphatic hydroxyl groups excluding tert-OH is 1. The van der Waals surface area contributed by atoms with Gasteiger partial charge in [-0.3, -0.25) is 4.90 Å². The van der Waals surface area contributed by atoms with E-state index in [4.69, 9.17) is 0 Å². The number of aromatic nitrogens is 4. The molecule has 0 amide bonds. The summed E-state index contributed by atoms with van der Waals surface area (Å²) in [6, 6.07) is 2.68. The lowest BCUT2D eigenvalue weighted by Gasteiger charge is -2.42.